The highest BCUT2D eigenvalue weighted by Gasteiger charge is 2.41. The van der Waals surface area contributed by atoms with Crippen LogP contribution in [0.1, 0.15) is 27.5 Å². The third-order valence-corrected chi connectivity index (χ3v) is 4.85. The molecular formula is C11H14N2O3S2. The summed E-state index contributed by atoms with van der Waals surface area (Å²) in [5.41, 5.74) is -1.11. The normalized spacial score (nSPS) is 18.3. The predicted octanol–water partition coefficient (Wildman–Crippen LogP) is 1.53. The molecule has 0 unspecified atom stereocenters. The minimum absolute atomic E-state index is 0.338. The second-order valence-corrected chi connectivity index (χ2v) is 6.66. The lowest BCUT2D eigenvalue weighted by molar-refractivity contribution is -0.144. The molecule has 2 N–H and O–H groups in total. The molecule has 2 heterocycles. The Morgan fingerprint density at radius 2 is 2.11 bits per heavy atom. The second-order valence-electron chi connectivity index (χ2n) is 4.20. The van der Waals surface area contributed by atoms with Gasteiger partial charge in [0.1, 0.15) is 10.4 Å². The molecule has 0 spiro atoms. The minimum Gasteiger partial charge on any atom is -0.480 e. The molecule has 1 fully saturated rings. The molecule has 5 nitrogen and oxygen atoms in total. The van der Waals surface area contributed by atoms with Crippen LogP contribution in [0.15, 0.2) is 6.20 Å². The van der Waals surface area contributed by atoms with E-state index in [4.69, 9.17) is 0 Å². The van der Waals surface area contributed by atoms with E-state index in [9.17, 15) is 14.7 Å². The number of amides is 1. The number of aryl methyl sites for hydroxylation is 1. The summed E-state index contributed by atoms with van der Waals surface area (Å²) in [7, 11) is 0. The van der Waals surface area contributed by atoms with E-state index < -0.39 is 11.5 Å². The first-order valence-corrected chi connectivity index (χ1v) is 7.57. The molecule has 1 aromatic heterocycles. The molecule has 18 heavy (non-hydrogen) atoms. The summed E-state index contributed by atoms with van der Waals surface area (Å²) < 4.78 is 0. The van der Waals surface area contributed by atoms with E-state index in [0.29, 0.717) is 17.7 Å². The molecule has 2 rings (SSSR count). The van der Waals surface area contributed by atoms with Crippen LogP contribution >= 0.6 is 23.1 Å². The lowest BCUT2D eigenvalue weighted by Gasteiger charge is -2.33. The molecule has 0 aliphatic carbocycles. The van der Waals surface area contributed by atoms with Gasteiger partial charge in [-0.05, 0) is 31.3 Å². The number of thioether (sulfide) groups is 1. The van der Waals surface area contributed by atoms with Crippen LogP contribution in [0, 0.1) is 6.92 Å². The van der Waals surface area contributed by atoms with E-state index >= 15 is 0 Å². The van der Waals surface area contributed by atoms with Gasteiger partial charge in [-0.3, -0.25) is 4.79 Å². The van der Waals surface area contributed by atoms with E-state index in [1.165, 1.54) is 17.5 Å². The number of aliphatic carboxylic acids is 1. The number of nitrogens with one attached hydrogen (secondary N) is 1. The lowest BCUT2D eigenvalue weighted by Crippen LogP contribution is -2.56. The zero-order valence-electron chi connectivity index (χ0n) is 9.93. The van der Waals surface area contributed by atoms with Crippen molar-refractivity contribution in [3.8, 4) is 0 Å². The van der Waals surface area contributed by atoms with Gasteiger partial charge in [-0.1, -0.05) is 0 Å². The lowest BCUT2D eigenvalue weighted by atomic mass is 9.92. The highest BCUT2D eigenvalue weighted by atomic mass is 32.2. The van der Waals surface area contributed by atoms with Gasteiger partial charge in [-0.15, -0.1) is 11.3 Å². The summed E-state index contributed by atoms with van der Waals surface area (Å²) in [6.45, 7) is 1.81. The Balaban J connectivity index is 2.14. The first-order chi connectivity index (χ1) is 8.53. The Bertz CT molecular complexity index is 467. The minimum atomic E-state index is -1.11. The van der Waals surface area contributed by atoms with Gasteiger partial charge >= 0.3 is 5.97 Å². The largest absolute Gasteiger partial charge is 0.480 e. The van der Waals surface area contributed by atoms with E-state index in [0.717, 1.165) is 16.5 Å². The Hall–Kier alpha value is -1.08. The summed E-state index contributed by atoms with van der Waals surface area (Å²) in [5.74, 6) is 0.232. The van der Waals surface area contributed by atoms with Crippen LogP contribution in [-0.2, 0) is 4.79 Å². The third-order valence-electron chi connectivity index (χ3n) is 2.95. The molecule has 1 aromatic rings. The Kier molecular flexibility index (Phi) is 3.91. The number of rotatable bonds is 3. The van der Waals surface area contributed by atoms with Crippen LogP contribution in [0.25, 0.3) is 0 Å². The molecule has 0 saturated carbocycles. The zero-order valence-corrected chi connectivity index (χ0v) is 11.6. The number of nitrogens with zero attached hydrogens (tertiary/aromatic N) is 1. The van der Waals surface area contributed by atoms with Crippen LogP contribution in [0.2, 0.25) is 0 Å². The Morgan fingerprint density at radius 1 is 1.44 bits per heavy atom. The molecule has 1 saturated heterocycles. The number of carboxylic acid groups (broad SMARTS) is 1. The Labute approximate surface area is 113 Å². The van der Waals surface area contributed by atoms with Gasteiger partial charge < -0.3 is 10.4 Å². The van der Waals surface area contributed by atoms with Gasteiger partial charge in [-0.2, -0.15) is 11.8 Å². The monoisotopic (exact) mass is 286 g/mol. The van der Waals surface area contributed by atoms with Crippen LogP contribution in [0.3, 0.4) is 0 Å². The van der Waals surface area contributed by atoms with Crippen LogP contribution < -0.4 is 5.32 Å². The quantitative estimate of drug-likeness (QED) is 0.881. The molecule has 0 atom stereocenters. The van der Waals surface area contributed by atoms with Crippen LogP contribution in [0.4, 0.5) is 0 Å². The molecule has 0 aromatic carbocycles. The van der Waals surface area contributed by atoms with Crippen molar-refractivity contribution in [2.75, 3.05) is 11.5 Å². The SMILES string of the molecule is Cc1ncc(C(=O)NC2(C(=O)O)CCSCC2)s1. The van der Waals surface area contributed by atoms with Crippen molar-refractivity contribution < 1.29 is 14.7 Å². The Morgan fingerprint density at radius 3 is 2.61 bits per heavy atom. The fourth-order valence-electron chi connectivity index (χ4n) is 1.86. The number of hydrogen-bond donors (Lipinski definition) is 2. The van der Waals surface area contributed by atoms with Gasteiger partial charge in [0.25, 0.3) is 5.91 Å². The number of carboxylic acids is 1. The molecule has 1 amide bonds. The van der Waals surface area contributed by atoms with Gasteiger partial charge in [0.15, 0.2) is 0 Å². The van der Waals surface area contributed by atoms with Gasteiger partial charge in [-0.25, -0.2) is 9.78 Å². The van der Waals surface area contributed by atoms with E-state index in [-0.39, 0.29) is 5.91 Å². The predicted molar refractivity (Wildman–Crippen MR) is 71.2 cm³/mol. The number of aromatic nitrogens is 1. The fraction of sp³-hybridized carbons (Fsp3) is 0.545. The maximum atomic E-state index is 12.0. The zero-order chi connectivity index (χ0) is 13.2. The average Bonchev–Trinajstić information content (AvgIpc) is 2.77. The molecule has 1 aliphatic heterocycles. The van der Waals surface area contributed by atoms with Crippen molar-refractivity contribution in [2.45, 2.75) is 25.3 Å². The van der Waals surface area contributed by atoms with Crippen LogP contribution in [0.5, 0.6) is 0 Å². The molecule has 7 heteroatoms. The molecule has 98 valence electrons. The van der Waals surface area contributed by atoms with Gasteiger partial charge in [0, 0.05) is 0 Å². The third kappa shape index (κ3) is 2.67. The smallest absolute Gasteiger partial charge is 0.329 e. The van der Waals surface area contributed by atoms with Crippen molar-refractivity contribution in [3.05, 3.63) is 16.1 Å². The first-order valence-electron chi connectivity index (χ1n) is 5.60. The van der Waals surface area contributed by atoms with Crippen molar-refractivity contribution in [1.82, 2.24) is 10.3 Å². The van der Waals surface area contributed by atoms with E-state index in [1.54, 1.807) is 11.8 Å². The molecular weight excluding hydrogens is 272 g/mol. The van der Waals surface area contributed by atoms with Crippen LogP contribution in [-0.4, -0.2) is 39.0 Å². The van der Waals surface area contributed by atoms with E-state index in [1.807, 2.05) is 6.92 Å². The topological polar surface area (TPSA) is 79.3 Å². The van der Waals surface area contributed by atoms with Gasteiger partial charge in [0.05, 0.1) is 11.2 Å². The number of hydrogen-bond acceptors (Lipinski definition) is 5. The first kappa shape index (κ1) is 13.4. The average molecular weight is 286 g/mol. The summed E-state index contributed by atoms with van der Waals surface area (Å²) in [6, 6.07) is 0. The summed E-state index contributed by atoms with van der Waals surface area (Å²) >= 11 is 2.99. The van der Waals surface area contributed by atoms with Gasteiger partial charge in [0.2, 0.25) is 0 Å². The maximum absolute atomic E-state index is 12.0. The summed E-state index contributed by atoms with van der Waals surface area (Å²) in [5, 5.41) is 12.8. The summed E-state index contributed by atoms with van der Waals surface area (Å²) in [4.78, 5) is 27.9. The fourth-order valence-corrected chi connectivity index (χ4v) is 3.72. The number of carbonyl (C=O) groups is 2. The van der Waals surface area contributed by atoms with Crippen molar-refractivity contribution in [1.29, 1.82) is 0 Å². The second kappa shape index (κ2) is 5.27. The molecule has 1 aliphatic rings. The van der Waals surface area contributed by atoms with E-state index in [2.05, 4.69) is 10.3 Å². The molecule has 0 bridgehead atoms. The summed E-state index contributed by atoms with van der Waals surface area (Å²) in [6.07, 6.45) is 2.43. The van der Waals surface area contributed by atoms with Crippen molar-refractivity contribution >= 4 is 35.0 Å². The highest BCUT2D eigenvalue weighted by Crippen LogP contribution is 2.28. The number of carbonyl (C=O) groups excluding carboxylic acids is 1. The van der Waals surface area contributed by atoms with Crippen molar-refractivity contribution in [2.24, 2.45) is 0 Å². The van der Waals surface area contributed by atoms with Crippen molar-refractivity contribution in [3.63, 3.8) is 0 Å². The molecule has 0 radical (unpaired) electrons. The highest BCUT2D eigenvalue weighted by molar-refractivity contribution is 7.99. The maximum Gasteiger partial charge on any atom is 0.329 e. The number of thiazole rings is 1. The standard InChI is InChI=1S/C11H14N2O3S2/c1-7-12-6-8(18-7)9(14)13-11(10(15)16)2-4-17-5-3-11/h6H,2-5H2,1H3,(H,13,14)(H,15,16).